The van der Waals surface area contributed by atoms with Gasteiger partial charge >= 0.3 is 7.60 Å². The third kappa shape index (κ3) is 6.78. The van der Waals surface area contributed by atoms with Gasteiger partial charge in [0, 0.05) is 18.5 Å². The molecule has 0 bridgehead atoms. The summed E-state index contributed by atoms with van der Waals surface area (Å²) in [6.45, 7) is 3.81. The second-order valence-electron chi connectivity index (χ2n) is 10.1. The van der Waals surface area contributed by atoms with Crippen molar-refractivity contribution in [2.24, 2.45) is 5.92 Å². The van der Waals surface area contributed by atoms with E-state index in [1.165, 1.54) is 30.7 Å². The van der Waals surface area contributed by atoms with E-state index in [0.29, 0.717) is 12.0 Å². The van der Waals surface area contributed by atoms with Gasteiger partial charge in [-0.25, -0.2) is 8.96 Å². The zero-order valence-corrected chi connectivity index (χ0v) is 25.1. The van der Waals surface area contributed by atoms with E-state index < -0.39 is 48.7 Å². The van der Waals surface area contributed by atoms with Crippen LogP contribution in [0, 0.1) is 5.92 Å². The minimum Gasteiger partial charge on any atom is -0.424 e. The number of hydrogen-bond donors (Lipinski definition) is 3. The number of benzene rings is 1. The molecular weight excluding hydrogens is 626 g/mol. The molecule has 4 rings (SSSR count). The van der Waals surface area contributed by atoms with Crippen LogP contribution in [0.1, 0.15) is 39.0 Å². The number of carbonyl (C=O) groups is 2. The largest absolute Gasteiger partial charge is 0.424 e. The number of nitrogens with zero attached hydrogens (tertiary/aromatic N) is 2. The van der Waals surface area contributed by atoms with Crippen LogP contribution >= 0.6 is 23.5 Å². The van der Waals surface area contributed by atoms with Gasteiger partial charge in [0.1, 0.15) is 29.5 Å². The highest BCUT2D eigenvalue weighted by molar-refractivity contribution is 9.10. The number of carbonyl (C=O) groups excluding carboxylic acids is 2. The highest BCUT2D eigenvalue weighted by atomic mass is 79.9. The summed E-state index contributed by atoms with van der Waals surface area (Å²) in [4.78, 5) is 42.2. The van der Waals surface area contributed by atoms with E-state index in [1.807, 2.05) is 0 Å². The van der Waals surface area contributed by atoms with Crippen molar-refractivity contribution in [3.63, 3.8) is 0 Å². The highest BCUT2D eigenvalue weighted by Gasteiger charge is 2.57. The number of aromatic amines is 1. The van der Waals surface area contributed by atoms with Crippen molar-refractivity contribution in [2.45, 2.75) is 56.6 Å². The number of aliphatic hydroxyl groups is 1. The number of nitrogens with one attached hydrogen (secondary N) is 1. The molecule has 2 aromatic heterocycles. The molecule has 12 nitrogen and oxygen atoms in total. The van der Waals surface area contributed by atoms with E-state index in [2.05, 4.69) is 25.9 Å². The van der Waals surface area contributed by atoms with E-state index in [4.69, 9.17) is 19.5 Å². The van der Waals surface area contributed by atoms with Gasteiger partial charge in [0.2, 0.25) is 10.5 Å². The zero-order valence-electron chi connectivity index (χ0n) is 22.6. The van der Waals surface area contributed by atoms with Gasteiger partial charge < -0.3 is 29.5 Å². The smallest absolute Gasteiger partial charge is 0.380 e. The van der Waals surface area contributed by atoms with E-state index in [0.717, 1.165) is 0 Å². The third-order valence-corrected chi connectivity index (χ3v) is 9.69. The fourth-order valence-corrected chi connectivity index (χ4v) is 7.02. The minimum absolute atomic E-state index is 0.0259. The molecule has 4 N–H and O–H groups in total. The SMILES string of the molecule is CC(=O)CCc1ccccc1OP(=O)(C[C@@H](C)C(C)=O)OC[C@H]1O[C@@H](n2ccc3c(=O)[nH]c(N)nc32)[C@@](F)(Br)C1O. The van der Waals surface area contributed by atoms with E-state index in [-0.39, 0.29) is 46.9 Å². The third-order valence-electron chi connectivity index (χ3n) is 6.82. The molecule has 0 spiro atoms. The van der Waals surface area contributed by atoms with Crippen molar-refractivity contribution in [1.82, 2.24) is 14.5 Å². The van der Waals surface area contributed by atoms with Crippen LogP contribution in [0.2, 0.25) is 0 Å². The summed E-state index contributed by atoms with van der Waals surface area (Å²) in [6.07, 6.45) is -3.03. The Labute approximate surface area is 243 Å². The molecular formula is C26H31BrFN4O8P. The monoisotopic (exact) mass is 656 g/mol. The maximum atomic E-state index is 15.8. The average molecular weight is 657 g/mol. The van der Waals surface area contributed by atoms with Gasteiger partial charge in [0.25, 0.3) is 5.56 Å². The Morgan fingerprint density at radius 1 is 1.34 bits per heavy atom. The van der Waals surface area contributed by atoms with Crippen LogP contribution in [-0.4, -0.2) is 60.8 Å². The first-order valence-corrected chi connectivity index (χ1v) is 15.3. The number of ketones is 2. The molecule has 1 aromatic carbocycles. The number of para-hydroxylation sites is 1. The second kappa shape index (κ2) is 12.1. The van der Waals surface area contributed by atoms with Crippen LogP contribution in [0.3, 0.4) is 0 Å². The maximum absolute atomic E-state index is 15.8. The molecule has 0 radical (unpaired) electrons. The van der Waals surface area contributed by atoms with Crippen LogP contribution in [0.5, 0.6) is 5.75 Å². The number of fused-ring (bicyclic) bond motifs is 1. The van der Waals surface area contributed by atoms with Crippen LogP contribution in [0.15, 0.2) is 41.3 Å². The fraction of sp³-hybridized carbons (Fsp3) is 0.462. The van der Waals surface area contributed by atoms with Crippen molar-refractivity contribution in [3.05, 3.63) is 52.4 Å². The Kier molecular flexibility index (Phi) is 9.19. The first-order chi connectivity index (χ1) is 19.2. The standard InChI is InChI=1S/C26H31BrFN4O8P/c1-14(16(3)34)13-41(37,40-19-7-5-4-6-17(19)9-8-15(2)33)38-12-20-21(35)26(27,28)24(39-20)32-11-10-18-22(32)30-25(29)31-23(18)36/h4-7,10-11,14,20-21,24,35H,8-9,12-13H2,1-3H3,(H3,29,30,31,36)/t14-,20-,21?,24-,26-,41?/m1/s1. The molecule has 2 unspecified atom stereocenters. The number of rotatable bonds is 12. The van der Waals surface area contributed by atoms with Gasteiger partial charge in [-0.3, -0.25) is 19.1 Å². The summed E-state index contributed by atoms with van der Waals surface area (Å²) in [5.74, 6) is -0.963. The van der Waals surface area contributed by atoms with Gasteiger partial charge in [-0.15, -0.1) is 0 Å². The van der Waals surface area contributed by atoms with Crippen molar-refractivity contribution in [2.75, 3.05) is 18.5 Å². The molecule has 0 aliphatic carbocycles. The zero-order chi connectivity index (χ0) is 30.1. The Bertz CT molecular complexity index is 1560. The normalized spacial score (nSPS) is 24.7. The number of nitrogen functional groups attached to an aromatic ring is 1. The number of Topliss-reactive ketones (excluding diaryl/α,β-unsaturated/α-hetero) is 2. The molecule has 41 heavy (non-hydrogen) atoms. The van der Waals surface area contributed by atoms with E-state index >= 15 is 4.39 Å². The lowest BCUT2D eigenvalue weighted by Crippen LogP contribution is -2.38. The van der Waals surface area contributed by atoms with Crippen LogP contribution in [-0.2, 0) is 29.8 Å². The lowest BCUT2D eigenvalue weighted by molar-refractivity contribution is -0.120. The Morgan fingerprint density at radius 3 is 2.73 bits per heavy atom. The minimum atomic E-state index is -4.09. The molecule has 3 aromatic rings. The molecule has 3 heterocycles. The molecule has 0 saturated carbocycles. The van der Waals surface area contributed by atoms with Crippen LogP contribution < -0.4 is 15.8 Å². The second-order valence-corrected chi connectivity index (χ2v) is 13.3. The van der Waals surface area contributed by atoms with E-state index in [1.54, 1.807) is 31.2 Å². The Hall–Kier alpha value is -2.90. The number of aryl methyl sites for hydroxylation is 1. The number of alkyl halides is 2. The molecule has 15 heteroatoms. The first-order valence-electron chi connectivity index (χ1n) is 12.8. The predicted molar refractivity (Wildman–Crippen MR) is 152 cm³/mol. The topological polar surface area (TPSA) is 176 Å². The van der Waals surface area contributed by atoms with Crippen molar-refractivity contribution >= 4 is 52.1 Å². The van der Waals surface area contributed by atoms with Gasteiger partial charge in [0.05, 0.1) is 18.2 Å². The van der Waals surface area contributed by atoms with Crippen molar-refractivity contribution < 1.29 is 37.4 Å². The lowest BCUT2D eigenvalue weighted by Gasteiger charge is -2.25. The molecule has 1 aliphatic rings. The summed E-state index contributed by atoms with van der Waals surface area (Å²) in [5, 5.41) is 10.9. The average Bonchev–Trinajstić information content (AvgIpc) is 3.40. The maximum Gasteiger partial charge on any atom is 0.380 e. The summed E-state index contributed by atoms with van der Waals surface area (Å²) in [6, 6.07) is 8.10. The highest BCUT2D eigenvalue weighted by Crippen LogP contribution is 2.53. The summed E-state index contributed by atoms with van der Waals surface area (Å²) in [7, 11) is -4.09. The van der Waals surface area contributed by atoms with Crippen LogP contribution in [0.4, 0.5) is 10.3 Å². The number of aromatic nitrogens is 3. The summed E-state index contributed by atoms with van der Waals surface area (Å²) in [5.41, 5.74) is 5.76. The number of hydrogen-bond acceptors (Lipinski definition) is 10. The number of halogens is 2. The fourth-order valence-electron chi connectivity index (χ4n) is 4.38. The quantitative estimate of drug-likeness (QED) is 0.193. The van der Waals surface area contributed by atoms with Gasteiger partial charge in [-0.2, -0.15) is 4.98 Å². The molecule has 1 aliphatic heterocycles. The van der Waals surface area contributed by atoms with Gasteiger partial charge in [0.15, 0.2) is 11.9 Å². The van der Waals surface area contributed by atoms with Gasteiger partial charge in [-0.1, -0.05) is 25.1 Å². The number of H-pyrrole nitrogens is 1. The van der Waals surface area contributed by atoms with E-state index in [9.17, 15) is 24.1 Å². The summed E-state index contributed by atoms with van der Waals surface area (Å²) < 4.78 is 45.9. The number of ether oxygens (including phenoxy) is 1. The molecule has 1 saturated heterocycles. The Balaban J connectivity index is 1.58. The molecule has 222 valence electrons. The van der Waals surface area contributed by atoms with Crippen LogP contribution in [0.25, 0.3) is 11.0 Å². The molecule has 1 fully saturated rings. The number of nitrogens with two attached hydrogens (primary N) is 1. The van der Waals surface area contributed by atoms with Crippen molar-refractivity contribution in [3.8, 4) is 5.75 Å². The van der Waals surface area contributed by atoms with Crippen molar-refractivity contribution in [1.29, 1.82) is 0 Å². The lowest BCUT2D eigenvalue weighted by atomic mass is 10.1. The van der Waals surface area contributed by atoms with Gasteiger partial charge in [-0.05, 0) is 53.9 Å². The summed E-state index contributed by atoms with van der Waals surface area (Å²) >= 11 is 2.90. The predicted octanol–water partition coefficient (Wildman–Crippen LogP) is 3.66. The Morgan fingerprint density at radius 2 is 2.05 bits per heavy atom. The molecule has 6 atom stereocenters. The first kappa shape index (κ1) is 31.0. The number of aliphatic hydroxyl groups excluding tert-OH is 1. The number of anilines is 1. The molecule has 0 amide bonds.